The van der Waals surface area contributed by atoms with E-state index in [9.17, 15) is 9.59 Å². The molecular formula is C22H19IN2O2. The van der Waals surface area contributed by atoms with Crippen LogP contribution in [0, 0.1) is 3.57 Å². The van der Waals surface area contributed by atoms with Crippen molar-refractivity contribution in [1.82, 2.24) is 0 Å². The summed E-state index contributed by atoms with van der Waals surface area (Å²) in [6.07, 6.45) is 0. The van der Waals surface area contributed by atoms with Gasteiger partial charge < -0.3 is 10.2 Å². The molecule has 27 heavy (non-hydrogen) atoms. The lowest BCUT2D eigenvalue weighted by Gasteiger charge is -2.21. The van der Waals surface area contributed by atoms with Crippen LogP contribution in [0.5, 0.6) is 0 Å². The molecule has 5 heteroatoms. The third-order valence-electron chi connectivity index (χ3n) is 4.12. The number of carbonyl (C=O) groups is 2. The molecule has 3 aromatic carbocycles. The fourth-order valence-corrected chi connectivity index (χ4v) is 3.41. The molecule has 0 aromatic heterocycles. The largest absolute Gasteiger partial charge is 0.322 e. The van der Waals surface area contributed by atoms with Gasteiger partial charge in [0, 0.05) is 27.1 Å². The van der Waals surface area contributed by atoms with Gasteiger partial charge in [0.25, 0.3) is 11.8 Å². The van der Waals surface area contributed by atoms with E-state index in [0.29, 0.717) is 23.4 Å². The molecule has 0 saturated heterocycles. The minimum absolute atomic E-state index is 0.103. The SMILES string of the molecule is CCN(C(=O)c1cccc(NC(=O)c2ccccc2I)c1)c1ccccc1. The molecule has 4 nitrogen and oxygen atoms in total. The Bertz CT molecular complexity index is 957. The lowest BCUT2D eigenvalue weighted by Crippen LogP contribution is -2.30. The summed E-state index contributed by atoms with van der Waals surface area (Å²) in [5.74, 6) is -0.297. The Morgan fingerprint density at radius 2 is 1.63 bits per heavy atom. The Morgan fingerprint density at radius 1 is 0.926 bits per heavy atom. The zero-order chi connectivity index (χ0) is 19.2. The summed E-state index contributed by atoms with van der Waals surface area (Å²) in [6, 6.07) is 24.0. The summed E-state index contributed by atoms with van der Waals surface area (Å²) in [5.41, 5.74) is 2.57. The smallest absolute Gasteiger partial charge is 0.258 e. The van der Waals surface area contributed by atoms with Crippen molar-refractivity contribution < 1.29 is 9.59 Å². The molecule has 0 heterocycles. The van der Waals surface area contributed by atoms with E-state index in [1.807, 2.05) is 55.5 Å². The average Bonchev–Trinajstić information content (AvgIpc) is 2.70. The van der Waals surface area contributed by atoms with Gasteiger partial charge in [-0.1, -0.05) is 36.4 Å². The highest BCUT2D eigenvalue weighted by Crippen LogP contribution is 2.20. The summed E-state index contributed by atoms with van der Waals surface area (Å²) >= 11 is 2.13. The zero-order valence-corrected chi connectivity index (χ0v) is 17.0. The van der Waals surface area contributed by atoms with Crippen LogP contribution in [0.2, 0.25) is 0 Å². The molecule has 0 spiro atoms. The van der Waals surface area contributed by atoms with Crippen molar-refractivity contribution >= 4 is 45.8 Å². The Kier molecular flexibility index (Phi) is 6.24. The van der Waals surface area contributed by atoms with Crippen molar-refractivity contribution in [1.29, 1.82) is 0 Å². The number of anilines is 2. The first-order valence-corrected chi connectivity index (χ1v) is 9.71. The quantitative estimate of drug-likeness (QED) is 0.521. The van der Waals surface area contributed by atoms with Crippen molar-refractivity contribution in [2.24, 2.45) is 0 Å². The standard InChI is InChI=1S/C22H19IN2O2/c1-2-25(18-11-4-3-5-12-18)22(27)16-9-8-10-17(15-16)24-21(26)19-13-6-7-14-20(19)23/h3-15H,2H2,1H3,(H,24,26). The third-order valence-corrected chi connectivity index (χ3v) is 5.06. The molecule has 0 saturated carbocycles. The van der Waals surface area contributed by atoms with Crippen LogP contribution in [0.3, 0.4) is 0 Å². The van der Waals surface area contributed by atoms with E-state index in [1.165, 1.54) is 0 Å². The highest BCUT2D eigenvalue weighted by Gasteiger charge is 2.17. The van der Waals surface area contributed by atoms with Gasteiger partial charge in [0.15, 0.2) is 0 Å². The number of nitrogens with one attached hydrogen (secondary N) is 1. The van der Waals surface area contributed by atoms with Crippen LogP contribution in [0.25, 0.3) is 0 Å². The zero-order valence-electron chi connectivity index (χ0n) is 14.9. The second kappa shape index (κ2) is 8.81. The number of hydrogen-bond donors (Lipinski definition) is 1. The second-order valence-corrected chi connectivity index (χ2v) is 7.06. The maximum absolute atomic E-state index is 13.0. The molecule has 3 aromatic rings. The fraction of sp³-hybridized carbons (Fsp3) is 0.0909. The number of benzene rings is 3. The van der Waals surface area contributed by atoms with Crippen LogP contribution in [-0.4, -0.2) is 18.4 Å². The predicted molar refractivity (Wildman–Crippen MR) is 117 cm³/mol. The third kappa shape index (κ3) is 4.54. The van der Waals surface area contributed by atoms with Gasteiger partial charge in [0.05, 0.1) is 5.56 Å². The first-order valence-electron chi connectivity index (χ1n) is 8.63. The average molecular weight is 470 g/mol. The van der Waals surface area contributed by atoms with Crippen molar-refractivity contribution in [3.63, 3.8) is 0 Å². The highest BCUT2D eigenvalue weighted by atomic mass is 127. The van der Waals surface area contributed by atoms with Crippen molar-refractivity contribution in [2.45, 2.75) is 6.92 Å². The van der Waals surface area contributed by atoms with Gasteiger partial charge in [0.1, 0.15) is 0 Å². The number of amides is 2. The van der Waals surface area contributed by atoms with Crippen molar-refractivity contribution in [2.75, 3.05) is 16.8 Å². The van der Waals surface area contributed by atoms with E-state index < -0.39 is 0 Å². The van der Waals surface area contributed by atoms with E-state index in [4.69, 9.17) is 0 Å². The minimum atomic E-state index is -0.194. The Hall–Kier alpha value is -2.67. The molecule has 0 unspecified atom stereocenters. The predicted octanol–water partition coefficient (Wildman–Crippen LogP) is 5.21. The van der Waals surface area contributed by atoms with Crippen LogP contribution in [-0.2, 0) is 0 Å². The molecular weight excluding hydrogens is 451 g/mol. The van der Waals surface area contributed by atoms with Crippen LogP contribution < -0.4 is 10.2 Å². The second-order valence-electron chi connectivity index (χ2n) is 5.90. The van der Waals surface area contributed by atoms with Gasteiger partial charge in [-0.15, -0.1) is 0 Å². The molecule has 2 amide bonds. The van der Waals surface area contributed by atoms with E-state index in [-0.39, 0.29) is 11.8 Å². The molecule has 0 atom stereocenters. The van der Waals surface area contributed by atoms with Gasteiger partial charge >= 0.3 is 0 Å². The number of rotatable bonds is 5. The number of hydrogen-bond acceptors (Lipinski definition) is 2. The Morgan fingerprint density at radius 3 is 2.33 bits per heavy atom. The normalized spacial score (nSPS) is 10.3. The molecule has 0 bridgehead atoms. The van der Waals surface area contributed by atoms with Crippen LogP contribution in [0.4, 0.5) is 11.4 Å². The van der Waals surface area contributed by atoms with Crippen LogP contribution >= 0.6 is 22.6 Å². The fourth-order valence-electron chi connectivity index (χ4n) is 2.78. The first kappa shape index (κ1) is 19.1. The molecule has 0 fully saturated rings. The van der Waals surface area contributed by atoms with E-state index >= 15 is 0 Å². The van der Waals surface area contributed by atoms with E-state index in [0.717, 1.165) is 9.26 Å². The van der Waals surface area contributed by atoms with Crippen molar-refractivity contribution in [3.8, 4) is 0 Å². The van der Waals surface area contributed by atoms with Crippen molar-refractivity contribution in [3.05, 3.63) is 93.6 Å². The topological polar surface area (TPSA) is 49.4 Å². The molecule has 0 aliphatic carbocycles. The minimum Gasteiger partial charge on any atom is -0.322 e. The molecule has 3 rings (SSSR count). The summed E-state index contributed by atoms with van der Waals surface area (Å²) in [4.78, 5) is 27.2. The molecule has 0 aliphatic heterocycles. The van der Waals surface area contributed by atoms with Gasteiger partial charge in [-0.25, -0.2) is 0 Å². The van der Waals surface area contributed by atoms with Gasteiger partial charge in [-0.3, -0.25) is 9.59 Å². The number of halogens is 1. The molecule has 0 radical (unpaired) electrons. The van der Waals surface area contributed by atoms with Crippen LogP contribution in [0.1, 0.15) is 27.6 Å². The van der Waals surface area contributed by atoms with Crippen LogP contribution in [0.15, 0.2) is 78.9 Å². The summed E-state index contributed by atoms with van der Waals surface area (Å²) in [6.45, 7) is 2.50. The Balaban J connectivity index is 1.82. The number of nitrogens with zero attached hydrogens (tertiary/aromatic N) is 1. The number of carbonyl (C=O) groups excluding carboxylic acids is 2. The maximum Gasteiger partial charge on any atom is 0.258 e. The maximum atomic E-state index is 13.0. The highest BCUT2D eigenvalue weighted by molar-refractivity contribution is 14.1. The monoisotopic (exact) mass is 470 g/mol. The first-order chi connectivity index (χ1) is 13.1. The van der Waals surface area contributed by atoms with Gasteiger partial charge in [-0.05, 0) is 72.0 Å². The summed E-state index contributed by atoms with van der Waals surface area (Å²) < 4.78 is 0.876. The molecule has 1 N–H and O–H groups in total. The Labute approximate surface area is 172 Å². The lowest BCUT2D eigenvalue weighted by molar-refractivity contribution is 0.0985. The molecule has 0 aliphatic rings. The van der Waals surface area contributed by atoms with E-state index in [1.54, 1.807) is 35.2 Å². The summed E-state index contributed by atoms with van der Waals surface area (Å²) in [5, 5.41) is 2.88. The number of para-hydroxylation sites is 1. The van der Waals surface area contributed by atoms with Gasteiger partial charge in [0.2, 0.25) is 0 Å². The molecule has 136 valence electrons. The van der Waals surface area contributed by atoms with Gasteiger partial charge in [-0.2, -0.15) is 0 Å². The lowest BCUT2D eigenvalue weighted by atomic mass is 10.1. The van der Waals surface area contributed by atoms with E-state index in [2.05, 4.69) is 27.9 Å². The summed E-state index contributed by atoms with van der Waals surface area (Å²) in [7, 11) is 0.